The van der Waals surface area contributed by atoms with Gasteiger partial charge in [0.25, 0.3) is 0 Å². The molecule has 0 heterocycles. The Kier molecular flexibility index (Phi) is 8.55. The van der Waals surface area contributed by atoms with Gasteiger partial charge < -0.3 is 15.0 Å². The number of halogens is 3. The van der Waals surface area contributed by atoms with Crippen molar-refractivity contribution in [1.82, 2.24) is 10.2 Å². The van der Waals surface area contributed by atoms with Crippen LogP contribution in [-0.4, -0.2) is 56.5 Å². The molecule has 0 aromatic carbocycles. The first-order valence-electron chi connectivity index (χ1n) is 5.99. The Balaban J connectivity index is 3.48. The van der Waals surface area contributed by atoms with E-state index < -0.39 is 12.8 Å². The van der Waals surface area contributed by atoms with E-state index in [2.05, 4.69) is 28.8 Å². The molecule has 0 aliphatic rings. The molecule has 1 atom stereocenters. The van der Waals surface area contributed by atoms with Crippen LogP contribution in [0.5, 0.6) is 0 Å². The van der Waals surface area contributed by atoms with E-state index in [9.17, 15) is 13.2 Å². The Hall–Kier alpha value is -0.330. The number of rotatable bonds is 9. The van der Waals surface area contributed by atoms with E-state index in [0.717, 1.165) is 19.6 Å². The summed E-state index contributed by atoms with van der Waals surface area (Å²) in [5.41, 5.74) is 0. The molecule has 0 bridgehead atoms. The van der Waals surface area contributed by atoms with Gasteiger partial charge in [-0.05, 0) is 20.0 Å². The molecule has 104 valence electrons. The quantitative estimate of drug-likeness (QED) is 0.638. The van der Waals surface area contributed by atoms with Gasteiger partial charge in [0.1, 0.15) is 6.61 Å². The Morgan fingerprint density at radius 2 is 1.82 bits per heavy atom. The lowest BCUT2D eigenvalue weighted by Gasteiger charge is -2.23. The largest absolute Gasteiger partial charge is 0.411 e. The highest BCUT2D eigenvalue weighted by Gasteiger charge is 2.27. The van der Waals surface area contributed by atoms with Crippen LogP contribution < -0.4 is 5.32 Å². The number of hydrogen-bond donors (Lipinski definition) is 1. The minimum absolute atomic E-state index is 0.0854. The third-order valence-electron chi connectivity index (χ3n) is 2.43. The second-order valence-corrected chi connectivity index (χ2v) is 4.01. The standard InChI is InChI=1S/C11H23F3N2O/c1-4-16(5-2)8-10(3)15-6-7-17-9-11(12,13)14/h10,15H,4-9H2,1-3H3. The van der Waals surface area contributed by atoms with Crippen LogP contribution in [0.2, 0.25) is 0 Å². The molecule has 0 aromatic rings. The smallest absolute Gasteiger partial charge is 0.371 e. The summed E-state index contributed by atoms with van der Waals surface area (Å²) in [6, 6.07) is 0.254. The van der Waals surface area contributed by atoms with Crippen molar-refractivity contribution in [3.05, 3.63) is 0 Å². The second-order valence-electron chi connectivity index (χ2n) is 4.01. The maximum atomic E-state index is 11.8. The molecule has 0 spiro atoms. The van der Waals surface area contributed by atoms with Crippen LogP contribution in [0.3, 0.4) is 0 Å². The molecule has 3 nitrogen and oxygen atoms in total. The van der Waals surface area contributed by atoms with E-state index in [0.29, 0.717) is 6.54 Å². The minimum Gasteiger partial charge on any atom is -0.371 e. The van der Waals surface area contributed by atoms with E-state index in [4.69, 9.17) is 0 Å². The number of likely N-dealkylation sites (N-methyl/N-ethyl adjacent to an activating group) is 1. The summed E-state index contributed by atoms with van der Waals surface area (Å²) in [6.45, 7) is 8.40. The van der Waals surface area contributed by atoms with Crippen LogP contribution in [-0.2, 0) is 4.74 Å². The van der Waals surface area contributed by atoms with Gasteiger partial charge in [-0.2, -0.15) is 13.2 Å². The molecule has 17 heavy (non-hydrogen) atoms. The maximum absolute atomic E-state index is 11.8. The number of hydrogen-bond acceptors (Lipinski definition) is 3. The molecule has 0 fully saturated rings. The van der Waals surface area contributed by atoms with Crippen LogP contribution in [0.1, 0.15) is 20.8 Å². The van der Waals surface area contributed by atoms with Gasteiger partial charge in [-0.3, -0.25) is 0 Å². The lowest BCUT2D eigenvalue weighted by molar-refractivity contribution is -0.173. The molecule has 0 amide bonds. The van der Waals surface area contributed by atoms with Gasteiger partial charge in [-0.25, -0.2) is 0 Å². The van der Waals surface area contributed by atoms with E-state index >= 15 is 0 Å². The zero-order chi connectivity index (χ0) is 13.3. The summed E-state index contributed by atoms with van der Waals surface area (Å²) in [5.74, 6) is 0. The first-order chi connectivity index (χ1) is 7.89. The van der Waals surface area contributed by atoms with Gasteiger partial charge in [-0.1, -0.05) is 13.8 Å². The molecule has 6 heteroatoms. The zero-order valence-corrected chi connectivity index (χ0v) is 10.8. The molecule has 0 saturated carbocycles. The monoisotopic (exact) mass is 256 g/mol. The summed E-state index contributed by atoms with van der Waals surface area (Å²) in [7, 11) is 0. The predicted octanol–water partition coefficient (Wildman–Crippen LogP) is 1.89. The zero-order valence-electron chi connectivity index (χ0n) is 10.8. The van der Waals surface area contributed by atoms with Crippen molar-refractivity contribution in [3.63, 3.8) is 0 Å². The van der Waals surface area contributed by atoms with Gasteiger partial charge in [0, 0.05) is 19.1 Å². The fourth-order valence-corrected chi connectivity index (χ4v) is 1.50. The molecule has 1 unspecified atom stereocenters. The highest BCUT2D eigenvalue weighted by molar-refractivity contribution is 4.65. The molecule has 0 radical (unpaired) electrons. The minimum atomic E-state index is -4.23. The fourth-order valence-electron chi connectivity index (χ4n) is 1.50. The van der Waals surface area contributed by atoms with Gasteiger partial charge in [-0.15, -0.1) is 0 Å². The summed E-state index contributed by atoms with van der Waals surface area (Å²) < 4.78 is 39.8. The highest BCUT2D eigenvalue weighted by atomic mass is 19.4. The van der Waals surface area contributed by atoms with Gasteiger partial charge in [0.15, 0.2) is 0 Å². The SMILES string of the molecule is CCN(CC)CC(C)NCCOCC(F)(F)F. The normalized spacial score (nSPS) is 14.3. The molecule has 0 aliphatic heterocycles. The average Bonchev–Trinajstić information content (AvgIpc) is 2.23. The van der Waals surface area contributed by atoms with E-state index in [-0.39, 0.29) is 12.6 Å². The summed E-state index contributed by atoms with van der Waals surface area (Å²) in [6.07, 6.45) is -4.23. The van der Waals surface area contributed by atoms with Crippen molar-refractivity contribution in [3.8, 4) is 0 Å². The molecule has 0 aliphatic carbocycles. The predicted molar refractivity (Wildman–Crippen MR) is 62.1 cm³/mol. The Bertz CT molecular complexity index is 184. The number of nitrogens with zero attached hydrogens (tertiary/aromatic N) is 1. The second kappa shape index (κ2) is 8.72. The lowest BCUT2D eigenvalue weighted by Crippen LogP contribution is -2.40. The van der Waals surface area contributed by atoms with Gasteiger partial charge >= 0.3 is 6.18 Å². The van der Waals surface area contributed by atoms with Crippen molar-refractivity contribution in [2.24, 2.45) is 0 Å². The van der Waals surface area contributed by atoms with Crippen molar-refractivity contribution in [1.29, 1.82) is 0 Å². The Morgan fingerprint density at radius 3 is 2.29 bits per heavy atom. The van der Waals surface area contributed by atoms with Crippen molar-refractivity contribution in [2.75, 3.05) is 39.4 Å². The molecular weight excluding hydrogens is 233 g/mol. The Morgan fingerprint density at radius 1 is 1.24 bits per heavy atom. The Labute approximate surface area is 101 Å². The molecule has 1 N–H and O–H groups in total. The van der Waals surface area contributed by atoms with Crippen LogP contribution in [0.15, 0.2) is 0 Å². The average molecular weight is 256 g/mol. The number of alkyl halides is 3. The molecule has 0 saturated heterocycles. The van der Waals surface area contributed by atoms with Crippen LogP contribution in [0.25, 0.3) is 0 Å². The topological polar surface area (TPSA) is 24.5 Å². The van der Waals surface area contributed by atoms with Crippen LogP contribution in [0.4, 0.5) is 13.2 Å². The molecule has 0 rings (SSSR count). The first kappa shape index (κ1) is 16.7. The molecule has 0 aromatic heterocycles. The summed E-state index contributed by atoms with van der Waals surface area (Å²) in [5, 5.41) is 3.13. The maximum Gasteiger partial charge on any atom is 0.411 e. The highest BCUT2D eigenvalue weighted by Crippen LogP contribution is 2.13. The first-order valence-corrected chi connectivity index (χ1v) is 5.99. The van der Waals surface area contributed by atoms with E-state index in [1.165, 1.54) is 0 Å². The van der Waals surface area contributed by atoms with Crippen molar-refractivity contribution in [2.45, 2.75) is 33.0 Å². The molecular formula is C11H23F3N2O. The third-order valence-corrected chi connectivity index (χ3v) is 2.43. The van der Waals surface area contributed by atoms with Crippen molar-refractivity contribution < 1.29 is 17.9 Å². The lowest BCUT2D eigenvalue weighted by atomic mass is 10.3. The van der Waals surface area contributed by atoms with Crippen LogP contribution >= 0.6 is 0 Å². The van der Waals surface area contributed by atoms with Crippen molar-refractivity contribution >= 4 is 0 Å². The number of nitrogens with one attached hydrogen (secondary N) is 1. The van der Waals surface area contributed by atoms with Crippen LogP contribution in [0, 0.1) is 0 Å². The summed E-state index contributed by atoms with van der Waals surface area (Å²) >= 11 is 0. The van der Waals surface area contributed by atoms with E-state index in [1.807, 2.05) is 6.92 Å². The fraction of sp³-hybridized carbons (Fsp3) is 1.00. The van der Waals surface area contributed by atoms with Gasteiger partial charge in [0.05, 0.1) is 6.61 Å². The number of ether oxygens (including phenoxy) is 1. The third kappa shape index (κ3) is 10.5. The summed E-state index contributed by atoms with van der Waals surface area (Å²) in [4.78, 5) is 2.26. The van der Waals surface area contributed by atoms with E-state index in [1.54, 1.807) is 0 Å². The van der Waals surface area contributed by atoms with Gasteiger partial charge in [0.2, 0.25) is 0 Å².